The van der Waals surface area contributed by atoms with Gasteiger partial charge < -0.3 is 20.1 Å². The maximum Gasteiger partial charge on any atom is 0.307 e. The fourth-order valence-corrected chi connectivity index (χ4v) is 3.98. The van der Waals surface area contributed by atoms with Crippen LogP contribution in [-0.2, 0) is 14.3 Å². The van der Waals surface area contributed by atoms with Crippen LogP contribution in [0, 0.1) is 11.8 Å². The van der Waals surface area contributed by atoms with Gasteiger partial charge in [-0.1, -0.05) is 12.8 Å². The second kappa shape index (κ2) is 7.51. The van der Waals surface area contributed by atoms with Crippen LogP contribution in [0.25, 0.3) is 11.0 Å². The molecule has 0 radical (unpaired) electrons. The minimum atomic E-state index is -0.911. The Kier molecular flexibility index (Phi) is 4.93. The molecule has 9 heteroatoms. The topological polar surface area (TPSA) is 118 Å². The summed E-state index contributed by atoms with van der Waals surface area (Å²) in [5, 5.41) is 20.2. The Bertz CT molecular complexity index is 845. The lowest BCUT2D eigenvalue weighted by Crippen LogP contribution is -2.36. The maximum absolute atomic E-state index is 12.8. The Balaban J connectivity index is 1.58. The first-order valence-corrected chi connectivity index (χ1v) is 9.27. The number of carboxylic acid groups (broad SMARTS) is 1. The zero-order valence-corrected chi connectivity index (χ0v) is 14.9. The molecule has 0 bridgehead atoms. The minimum Gasteiger partial charge on any atom is -0.481 e. The quantitative estimate of drug-likeness (QED) is 0.833. The van der Waals surface area contributed by atoms with Gasteiger partial charge in [-0.05, 0) is 35.3 Å². The first-order chi connectivity index (χ1) is 13.1. The van der Waals surface area contributed by atoms with Gasteiger partial charge in [-0.3, -0.25) is 9.59 Å². The number of nitrogens with zero attached hydrogens (tertiary/aromatic N) is 3. The molecular formula is C18H22N4O5. The molecule has 0 unspecified atom stereocenters. The first-order valence-electron chi connectivity index (χ1n) is 9.27. The van der Waals surface area contributed by atoms with Gasteiger partial charge >= 0.3 is 5.97 Å². The predicted octanol–water partition coefficient (Wildman–Crippen LogP) is 1.89. The first kappa shape index (κ1) is 17.7. The summed E-state index contributed by atoms with van der Waals surface area (Å²) in [7, 11) is 0. The highest BCUT2D eigenvalue weighted by molar-refractivity contribution is 6.04. The lowest BCUT2D eigenvalue weighted by molar-refractivity contribution is -0.147. The molecule has 2 N–H and O–H groups in total. The van der Waals surface area contributed by atoms with Gasteiger partial charge in [0, 0.05) is 13.1 Å². The SMILES string of the molecule is O=C(Nc1ccc(N2CCOCC2)c2nonc12)[C@H]1CCCC[C@H]1C(=O)O. The summed E-state index contributed by atoms with van der Waals surface area (Å²) < 4.78 is 10.3. The van der Waals surface area contributed by atoms with Crippen LogP contribution in [0.4, 0.5) is 11.4 Å². The van der Waals surface area contributed by atoms with E-state index in [4.69, 9.17) is 9.37 Å². The Morgan fingerprint density at radius 1 is 1.07 bits per heavy atom. The maximum atomic E-state index is 12.8. The van der Waals surface area contributed by atoms with Gasteiger partial charge in [0.2, 0.25) is 5.91 Å². The average Bonchev–Trinajstić information content (AvgIpc) is 3.19. The number of ether oxygens (including phenoxy) is 1. The van der Waals surface area contributed by atoms with Gasteiger partial charge in [0.25, 0.3) is 0 Å². The van der Waals surface area contributed by atoms with Crippen molar-refractivity contribution in [3.8, 4) is 0 Å². The van der Waals surface area contributed by atoms with E-state index in [1.807, 2.05) is 6.07 Å². The number of rotatable bonds is 4. The lowest BCUT2D eigenvalue weighted by atomic mass is 9.78. The van der Waals surface area contributed by atoms with E-state index in [1.165, 1.54) is 0 Å². The summed E-state index contributed by atoms with van der Waals surface area (Å²) >= 11 is 0. The Morgan fingerprint density at radius 3 is 2.52 bits per heavy atom. The number of aromatic nitrogens is 2. The number of anilines is 2. The van der Waals surface area contributed by atoms with Crippen molar-refractivity contribution in [2.24, 2.45) is 11.8 Å². The van der Waals surface area contributed by atoms with E-state index in [2.05, 4.69) is 20.5 Å². The number of carbonyl (C=O) groups is 2. The second-order valence-electron chi connectivity index (χ2n) is 7.02. The minimum absolute atomic E-state index is 0.287. The van der Waals surface area contributed by atoms with Crippen molar-refractivity contribution in [1.82, 2.24) is 10.3 Å². The summed E-state index contributed by atoms with van der Waals surface area (Å²) in [6.07, 6.45) is 2.81. The van der Waals surface area contributed by atoms with E-state index < -0.39 is 17.8 Å². The fraction of sp³-hybridized carbons (Fsp3) is 0.556. The summed E-state index contributed by atoms with van der Waals surface area (Å²) in [6, 6.07) is 3.65. The van der Waals surface area contributed by atoms with Crippen molar-refractivity contribution >= 4 is 34.3 Å². The lowest BCUT2D eigenvalue weighted by Gasteiger charge is -2.29. The molecule has 2 heterocycles. The molecule has 1 aromatic heterocycles. The molecule has 2 aromatic rings. The van der Waals surface area contributed by atoms with Crippen molar-refractivity contribution in [3.05, 3.63) is 12.1 Å². The molecule has 1 aliphatic carbocycles. The third kappa shape index (κ3) is 3.46. The van der Waals surface area contributed by atoms with E-state index in [0.29, 0.717) is 42.8 Å². The molecule has 9 nitrogen and oxygen atoms in total. The van der Waals surface area contributed by atoms with E-state index in [-0.39, 0.29) is 5.91 Å². The fourth-order valence-electron chi connectivity index (χ4n) is 3.98. The number of morpholine rings is 1. The molecule has 2 atom stereocenters. The van der Waals surface area contributed by atoms with Crippen LogP contribution in [0.1, 0.15) is 25.7 Å². The van der Waals surface area contributed by atoms with Crippen molar-refractivity contribution < 1.29 is 24.1 Å². The normalized spacial score (nSPS) is 23.3. The molecule has 1 saturated heterocycles. The molecular weight excluding hydrogens is 352 g/mol. The molecule has 1 saturated carbocycles. The van der Waals surface area contributed by atoms with Crippen LogP contribution in [0.15, 0.2) is 16.8 Å². The molecule has 2 aliphatic rings. The largest absolute Gasteiger partial charge is 0.481 e. The van der Waals surface area contributed by atoms with Gasteiger partial charge in [-0.15, -0.1) is 0 Å². The summed E-state index contributed by atoms with van der Waals surface area (Å²) in [5.41, 5.74) is 2.42. The Morgan fingerprint density at radius 2 is 1.78 bits per heavy atom. The van der Waals surface area contributed by atoms with Gasteiger partial charge in [-0.25, -0.2) is 4.63 Å². The number of amides is 1. The molecule has 1 amide bonds. The molecule has 1 aromatic carbocycles. The number of hydrogen-bond donors (Lipinski definition) is 2. The van der Waals surface area contributed by atoms with Gasteiger partial charge in [0.05, 0.1) is 36.4 Å². The van der Waals surface area contributed by atoms with Crippen molar-refractivity contribution in [1.29, 1.82) is 0 Å². The third-order valence-electron chi connectivity index (χ3n) is 5.42. The smallest absolute Gasteiger partial charge is 0.307 e. The van der Waals surface area contributed by atoms with E-state index >= 15 is 0 Å². The Hall–Kier alpha value is -2.68. The van der Waals surface area contributed by atoms with Crippen molar-refractivity contribution in [2.45, 2.75) is 25.7 Å². The number of fused-ring (bicyclic) bond motifs is 1. The second-order valence-corrected chi connectivity index (χ2v) is 7.02. The number of hydrogen-bond acceptors (Lipinski definition) is 7. The average molecular weight is 374 g/mol. The van der Waals surface area contributed by atoms with Gasteiger partial charge in [0.15, 0.2) is 11.0 Å². The highest BCUT2D eigenvalue weighted by Crippen LogP contribution is 2.34. The Labute approximate surface area is 155 Å². The third-order valence-corrected chi connectivity index (χ3v) is 5.42. The van der Waals surface area contributed by atoms with Crippen LogP contribution in [0.5, 0.6) is 0 Å². The van der Waals surface area contributed by atoms with E-state index in [1.54, 1.807) is 6.07 Å². The van der Waals surface area contributed by atoms with Crippen LogP contribution < -0.4 is 10.2 Å². The zero-order valence-electron chi connectivity index (χ0n) is 14.9. The van der Waals surface area contributed by atoms with Crippen LogP contribution >= 0.6 is 0 Å². The van der Waals surface area contributed by atoms with Crippen LogP contribution in [0.3, 0.4) is 0 Å². The van der Waals surface area contributed by atoms with Gasteiger partial charge in [-0.2, -0.15) is 0 Å². The van der Waals surface area contributed by atoms with Gasteiger partial charge in [0.1, 0.15) is 0 Å². The molecule has 0 spiro atoms. The monoisotopic (exact) mass is 374 g/mol. The highest BCUT2D eigenvalue weighted by atomic mass is 16.6. The summed E-state index contributed by atoms with van der Waals surface area (Å²) in [6.45, 7) is 2.78. The number of benzene rings is 1. The van der Waals surface area contributed by atoms with E-state index in [0.717, 1.165) is 31.6 Å². The van der Waals surface area contributed by atoms with Crippen LogP contribution in [0.2, 0.25) is 0 Å². The number of carbonyl (C=O) groups excluding carboxylic acids is 1. The van der Waals surface area contributed by atoms with E-state index in [9.17, 15) is 14.7 Å². The standard InChI is InChI=1S/C18H22N4O5/c23-17(11-3-1-2-4-12(11)18(24)25)19-13-5-6-14(16-15(13)20-27-21-16)22-7-9-26-10-8-22/h5-6,11-12H,1-4,7-10H2,(H,19,23)(H,24,25)/t11-,12+/m0/s1. The molecule has 1 aliphatic heterocycles. The highest BCUT2D eigenvalue weighted by Gasteiger charge is 2.36. The molecule has 4 rings (SSSR count). The van der Waals surface area contributed by atoms with Crippen molar-refractivity contribution in [2.75, 3.05) is 36.5 Å². The number of carboxylic acids is 1. The summed E-state index contributed by atoms with van der Waals surface area (Å²) in [4.78, 5) is 26.4. The summed E-state index contributed by atoms with van der Waals surface area (Å²) in [5.74, 6) is -2.38. The predicted molar refractivity (Wildman–Crippen MR) is 96.5 cm³/mol. The molecule has 2 fully saturated rings. The number of nitrogens with one attached hydrogen (secondary N) is 1. The molecule has 27 heavy (non-hydrogen) atoms. The zero-order chi connectivity index (χ0) is 18.8. The van der Waals surface area contributed by atoms with Crippen LogP contribution in [-0.4, -0.2) is 53.6 Å². The number of aliphatic carboxylic acids is 1. The van der Waals surface area contributed by atoms with Crippen molar-refractivity contribution in [3.63, 3.8) is 0 Å². The molecule has 144 valence electrons.